The van der Waals surface area contributed by atoms with Gasteiger partial charge in [-0.3, -0.25) is 5.41 Å². The van der Waals surface area contributed by atoms with E-state index < -0.39 is 0 Å². The number of thiophene rings is 1. The van der Waals surface area contributed by atoms with Gasteiger partial charge in [-0.05, 0) is 59.0 Å². The summed E-state index contributed by atoms with van der Waals surface area (Å²) >= 11 is 1.71. The first-order valence-electron chi connectivity index (χ1n) is 14.4. The number of fused-ring (bicyclic) bond motifs is 4. The van der Waals surface area contributed by atoms with Crippen LogP contribution in [-0.4, -0.2) is 10.3 Å². The molecule has 0 radical (unpaired) electrons. The fourth-order valence-electron chi connectivity index (χ4n) is 6.15. The first-order valence-corrected chi connectivity index (χ1v) is 15.2. The second-order valence-corrected chi connectivity index (χ2v) is 11.6. The van der Waals surface area contributed by atoms with Crippen molar-refractivity contribution >= 4 is 61.9 Å². The molecule has 0 amide bonds. The lowest BCUT2D eigenvalue weighted by Crippen LogP contribution is -2.20. The van der Waals surface area contributed by atoms with Gasteiger partial charge in [-0.15, -0.1) is 11.3 Å². The summed E-state index contributed by atoms with van der Waals surface area (Å²) in [5, 5.41) is 17.9. The molecule has 0 atom stereocenters. The lowest BCUT2D eigenvalue weighted by atomic mass is 9.88. The number of allylic oxidation sites excluding steroid dienone is 1. The lowest BCUT2D eigenvalue weighted by molar-refractivity contribution is 1.18. The zero-order chi connectivity index (χ0) is 28.8. The molecule has 5 aromatic carbocycles. The quantitative estimate of drug-likeness (QED) is 0.199. The molecule has 0 aliphatic carbocycles. The summed E-state index contributed by atoms with van der Waals surface area (Å²) < 4.78 is 2.33. The van der Waals surface area contributed by atoms with Crippen molar-refractivity contribution < 1.29 is 0 Å². The Morgan fingerprint density at radius 1 is 0.628 bits per heavy atom. The smallest absolute Gasteiger partial charge is 0.0711 e. The van der Waals surface area contributed by atoms with Crippen LogP contribution in [0.15, 0.2) is 145 Å². The van der Waals surface area contributed by atoms with Gasteiger partial charge < -0.3 is 9.88 Å². The fourth-order valence-corrected chi connectivity index (χ4v) is 6.85. The molecular formula is C39H27N3S. The first kappa shape index (κ1) is 25.3. The highest BCUT2D eigenvalue weighted by molar-refractivity contribution is 7.11. The van der Waals surface area contributed by atoms with Gasteiger partial charge in [-0.25, -0.2) is 0 Å². The van der Waals surface area contributed by atoms with E-state index in [2.05, 4.69) is 131 Å². The highest BCUT2D eigenvalue weighted by Crippen LogP contribution is 2.39. The third kappa shape index (κ3) is 4.32. The van der Waals surface area contributed by atoms with Crippen LogP contribution in [0.3, 0.4) is 0 Å². The zero-order valence-corrected chi connectivity index (χ0v) is 24.1. The number of rotatable bonds is 5. The Kier molecular flexibility index (Phi) is 6.13. The number of aromatic nitrogens is 1. The van der Waals surface area contributed by atoms with E-state index in [-0.39, 0.29) is 0 Å². The van der Waals surface area contributed by atoms with Gasteiger partial charge in [0.05, 0.1) is 33.0 Å². The predicted octanol–water partition coefficient (Wildman–Crippen LogP) is 9.88. The Bertz CT molecular complexity index is 2200. The van der Waals surface area contributed by atoms with Crippen LogP contribution in [0.4, 0.5) is 0 Å². The van der Waals surface area contributed by atoms with Crippen LogP contribution in [0.2, 0.25) is 0 Å². The molecule has 0 bridgehead atoms. The molecule has 0 saturated carbocycles. The molecule has 204 valence electrons. The predicted molar refractivity (Wildman–Crippen MR) is 183 cm³/mol. The molecular weight excluding hydrogens is 543 g/mol. The fraction of sp³-hybridized carbons (Fsp3) is 0. The molecule has 8 rings (SSSR count). The second-order valence-electron chi connectivity index (χ2n) is 10.7. The van der Waals surface area contributed by atoms with Crippen molar-refractivity contribution in [1.82, 2.24) is 9.88 Å². The normalized spacial score (nSPS) is 13.8. The summed E-state index contributed by atoms with van der Waals surface area (Å²) in [5.41, 5.74) is 10.9. The van der Waals surface area contributed by atoms with Gasteiger partial charge in [0.2, 0.25) is 0 Å². The molecule has 0 unspecified atom stereocenters. The molecule has 1 aliphatic rings. The molecule has 4 heteroatoms. The minimum Gasteiger partial charge on any atom is -0.353 e. The molecule has 3 nitrogen and oxygen atoms in total. The molecule has 43 heavy (non-hydrogen) atoms. The average molecular weight is 570 g/mol. The Balaban J connectivity index is 1.42. The summed E-state index contributed by atoms with van der Waals surface area (Å²) in [6.07, 6.45) is 2.21. The van der Waals surface area contributed by atoms with E-state index in [1.807, 2.05) is 30.3 Å². The van der Waals surface area contributed by atoms with Crippen molar-refractivity contribution in [3.05, 3.63) is 172 Å². The third-order valence-corrected chi connectivity index (χ3v) is 9.02. The minimum absolute atomic E-state index is 0.483. The number of hydrogen-bond acceptors (Lipinski definition) is 3. The second kappa shape index (κ2) is 10.4. The summed E-state index contributed by atoms with van der Waals surface area (Å²) in [6.45, 7) is 0. The van der Waals surface area contributed by atoms with E-state index in [0.717, 1.165) is 61.3 Å². The molecule has 0 spiro atoms. The van der Waals surface area contributed by atoms with Crippen molar-refractivity contribution in [2.24, 2.45) is 0 Å². The summed E-state index contributed by atoms with van der Waals surface area (Å²) in [4.78, 5) is 1.17. The van der Waals surface area contributed by atoms with Gasteiger partial charge in [0.1, 0.15) is 0 Å². The zero-order valence-electron chi connectivity index (χ0n) is 23.3. The van der Waals surface area contributed by atoms with E-state index in [1.165, 1.54) is 10.3 Å². The number of nitrogens with one attached hydrogen (secondary N) is 2. The van der Waals surface area contributed by atoms with Crippen LogP contribution < -0.4 is 5.32 Å². The Morgan fingerprint density at radius 3 is 2.16 bits per heavy atom. The molecule has 0 fully saturated rings. The van der Waals surface area contributed by atoms with Crippen LogP contribution in [0, 0.1) is 5.41 Å². The van der Waals surface area contributed by atoms with E-state index in [4.69, 9.17) is 0 Å². The molecule has 3 heterocycles. The third-order valence-electron chi connectivity index (χ3n) is 8.11. The average Bonchev–Trinajstić information content (AvgIpc) is 3.73. The largest absolute Gasteiger partial charge is 0.353 e. The number of nitrogens with zero attached hydrogens (tertiary/aromatic N) is 1. The van der Waals surface area contributed by atoms with Gasteiger partial charge in [-0.2, -0.15) is 0 Å². The van der Waals surface area contributed by atoms with Crippen LogP contribution in [0.25, 0.3) is 50.5 Å². The topological polar surface area (TPSA) is 40.8 Å². The van der Waals surface area contributed by atoms with E-state index in [1.54, 1.807) is 11.3 Å². The van der Waals surface area contributed by atoms with Crippen molar-refractivity contribution in [3.63, 3.8) is 0 Å². The number of benzene rings is 5. The van der Waals surface area contributed by atoms with Crippen LogP contribution in [0.1, 0.15) is 27.1 Å². The molecule has 2 N–H and O–H groups in total. The maximum Gasteiger partial charge on any atom is 0.0711 e. The van der Waals surface area contributed by atoms with Crippen molar-refractivity contribution in [2.75, 3.05) is 0 Å². The Morgan fingerprint density at radius 2 is 1.35 bits per heavy atom. The SMILES string of the molecule is N=C(/C(=C1\NC(c2cccs2)=Cc2ccccc21)c1ccc2c(c1)c1ccccc1n2-c1ccccc1)c1ccccc1. The van der Waals surface area contributed by atoms with Gasteiger partial charge in [0, 0.05) is 33.2 Å². The van der Waals surface area contributed by atoms with Crippen LogP contribution in [0.5, 0.6) is 0 Å². The van der Waals surface area contributed by atoms with Crippen molar-refractivity contribution in [1.29, 1.82) is 5.41 Å². The van der Waals surface area contributed by atoms with E-state index in [0.29, 0.717) is 5.71 Å². The summed E-state index contributed by atoms with van der Waals surface area (Å²) in [5.74, 6) is 0. The standard InChI is InChI=1S/C39H27N3S/c40-38(26-12-3-1-4-13-26)37(39-30-17-8-7-14-27(30)25-33(41-39)36-20-11-23-43-36)28-21-22-35-32(24-28)31-18-9-10-19-34(31)42(35)29-15-5-2-6-16-29/h1-25,40-41H/b39-37-,40-38?. The van der Waals surface area contributed by atoms with Gasteiger partial charge in [0.25, 0.3) is 0 Å². The molecule has 1 aliphatic heterocycles. The van der Waals surface area contributed by atoms with Crippen molar-refractivity contribution in [2.45, 2.75) is 0 Å². The van der Waals surface area contributed by atoms with E-state index >= 15 is 0 Å². The Hall–Kier alpha value is -5.45. The van der Waals surface area contributed by atoms with E-state index in [9.17, 15) is 5.41 Å². The summed E-state index contributed by atoms with van der Waals surface area (Å²) in [6, 6.07) is 48.5. The maximum atomic E-state index is 9.63. The highest BCUT2D eigenvalue weighted by Gasteiger charge is 2.24. The maximum absolute atomic E-state index is 9.63. The number of para-hydroxylation sites is 2. The minimum atomic E-state index is 0.483. The Labute approximate surface area is 254 Å². The highest BCUT2D eigenvalue weighted by atomic mass is 32.1. The van der Waals surface area contributed by atoms with Gasteiger partial charge in [0.15, 0.2) is 0 Å². The van der Waals surface area contributed by atoms with Gasteiger partial charge in [-0.1, -0.05) is 103 Å². The molecule has 7 aromatic rings. The first-order chi connectivity index (χ1) is 21.3. The van der Waals surface area contributed by atoms with Crippen LogP contribution >= 0.6 is 11.3 Å². The summed E-state index contributed by atoms with van der Waals surface area (Å²) in [7, 11) is 0. The van der Waals surface area contributed by atoms with Crippen LogP contribution in [-0.2, 0) is 0 Å². The van der Waals surface area contributed by atoms with Crippen molar-refractivity contribution in [3.8, 4) is 5.69 Å². The number of hydrogen-bond donors (Lipinski definition) is 2. The molecule has 0 saturated heterocycles. The molecule has 2 aromatic heterocycles. The monoisotopic (exact) mass is 569 g/mol. The van der Waals surface area contributed by atoms with Gasteiger partial charge >= 0.3 is 0 Å². The lowest BCUT2D eigenvalue weighted by Gasteiger charge is -2.25.